The summed E-state index contributed by atoms with van der Waals surface area (Å²) < 4.78 is 16.1. The Bertz CT molecular complexity index is 2000. The highest BCUT2D eigenvalue weighted by Crippen LogP contribution is 2.43. The molecule has 0 fully saturated rings. The van der Waals surface area contributed by atoms with E-state index in [1.54, 1.807) is 12.5 Å². The summed E-state index contributed by atoms with van der Waals surface area (Å²) in [6, 6.07) is 21.9. The normalized spacial score (nSPS) is 14.2. The first-order valence-corrected chi connectivity index (χ1v) is 23.6. The van der Waals surface area contributed by atoms with Crippen LogP contribution in [0.4, 0.5) is 0 Å². The van der Waals surface area contributed by atoms with Crippen molar-refractivity contribution in [2.45, 2.75) is 90.0 Å². The van der Waals surface area contributed by atoms with Gasteiger partial charge in [-0.2, -0.15) is 0 Å². The van der Waals surface area contributed by atoms with Crippen LogP contribution in [0.5, 0.6) is 5.75 Å². The number of imidazole rings is 1. The molecule has 0 radical (unpaired) electrons. The predicted molar refractivity (Wildman–Crippen MR) is 211 cm³/mol. The first-order chi connectivity index (χ1) is 22.6. The maximum Gasteiger partial charge on any atom is 0.250 e. The third-order valence-corrected chi connectivity index (χ3v) is 20.4. The lowest BCUT2D eigenvalue weighted by molar-refractivity contribution is 0.117. The molecule has 0 saturated heterocycles. The maximum atomic E-state index is 13.0. The van der Waals surface area contributed by atoms with Crippen LogP contribution in [0.1, 0.15) is 63.9 Å². The van der Waals surface area contributed by atoms with Crippen LogP contribution in [-0.2, 0) is 23.7 Å². The van der Waals surface area contributed by atoms with Gasteiger partial charge in [-0.1, -0.05) is 93.3 Å². The molecule has 2 heterocycles. The van der Waals surface area contributed by atoms with Crippen LogP contribution in [0, 0.1) is 0 Å². The third kappa shape index (κ3) is 7.48. The second kappa shape index (κ2) is 13.4. The van der Waals surface area contributed by atoms with Crippen LogP contribution in [0.15, 0.2) is 83.7 Å². The quantitative estimate of drug-likeness (QED) is 0.119. The molecule has 2 aromatic heterocycles. The molecule has 0 aliphatic carbocycles. The minimum Gasteiger partial charge on any atom is -0.543 e. The van der Waals surface area contributed by atoms with E-state index in [-0.39, 0.29) is 10.1 Å². The van der Waals surface area contributed by atoms with Gasteiger partial charge in [-0.25, -0.2) is 9.97 Å². The molecule has 49 heavy (non-hydrogen) atoms. The summed E-state index contributed by atoms with van der Waals surface area (Å²) in [5, 5.41) is 14.4. The number of pyridine rings is 1. The summed E-state index contributed by atoms with van der Waals surface area (Å²) >= 11 is 10.4. The smallest absolute Gasteiger partial charge is 0.250 e. The Morgan fingerprint density at radius 1 is 0.857 bits per heavy atom. The maximum absolute atomic E-state index is 13.0. The molecule has 260 valence electrons. The van der Waals surface area contributed by atoms with Crippen molar-refractivity contribution in [2.75, 3.05) is 0 Å². The zero-order valence-electron chi connectivity index (χ0n) is 30.6. The molecule has 0 bridgehead atoms. The molecular weight excluding hydrogens is 730 g/mol. The van der Waals surface area contributed by atoms with E-state index in [2.05, 4.69) is 106 Å². The Morgan fingerprint density at radius 3 is 2.14 bits per heavy atom. The fraction of sp³-hybridized carbons (Fsp3) is 0.385. The van der Waals surface area contributed by atoms with E-state index in [0.29, 0.717) is 28.6 Å². The highest BCUT2D eigenvalue weighted by atomic mass is 79.9. The highest BCUT2D eigenvalue weighted by Gasteiger charge is 2.40. The molecule has 6 nitrogen and oxygen atoms in total. The lowest BCUT2D eigenvalue weighted by atomic mass is 9.82. The van der Waals surface area contributed by atoms with Gasteiger partial charge in [-0.15, -0.1) is 0 Å². The number of fused-ring (bicyclic) bond motifs is 1. The molecule has 10 heteroatoms. The van der Waals surface area contributed by atoms with Crippen LogP contribution in [0.25, 0.3) is 22.0 Å². The van der Waals surface area contributed by atoms with Gasteiger partial charge in [-0.05, 0) is 107 Å². The van der Waals surface area contributed by atoms with Crippen LogP contribution >= 0.6 is 27.5 Å². The Labute approximate surface area is 307 Å². The molecule has 0 amide bonds. The number of nitrogens with zero attached hydrogens (tertiary/aromatic N) is 3. The van der Waals surface area contributed by atoms with E-state index in [9.17, 15) is 5.11 Å². The van der Waals surface area contributed by atoms with Gasteiger partial charge in [0.1, 0.15) is 10.9 Å². The van der Waals surface area contributed by atoms with Crippen LogP contribution in [0.2, 0.25) is 41.4 Å². The predicted octanol–water partition coefficient (Wildman–Crippen LogP) is 11.2. The van der Waals surface area contributed by atoms with Gasteiger partial charge in [0.15, 0.2) is 13.9 Å². The summed E-state index contributed by atoms with van der Waals surface area (Å²) in [5.74, 6) is 0.829. The monoisotopic (exact) mass is 777 g/mol. The minimum atomic E-state index is -2.07. The average Bonchev–Trinajstić information content (AvgIpc) is 3.44. The second-order valence-electron chi connectivity index (χ2n) is 16.1. The van der Waals surface area contributed by atoms with Gasteiger partial charge in [0, 0.05) is 16.9 Å². The SMILES string of the molecule is Cn1cncc1C(O)(c1ccc(Br)c(CO[Si](C)(C)C(C)(C)C)c1)c1ccc2nc(Cl)cc(-c3cccc(O[Si](C)(C)C(C)(C)C)c3)c2c1. The number of aromatic nitrogens is 3. The molecule has 5 rings (SSSR count). The van der Waals surface area contributed by atoms with Crippen LogP contribution < -0.4 is 4.43 Å². The van der Waals surface area contributed by atoms with E-state index in [1.165, 1.54) is 0 Å². The fourth-order valence-corrected chi connectivity index (χ4v) is 7.92. The number of aliphatic hydroxyl groups is 1. The van der Waals surface area contributed by atoms with Crippen molar-refractivity contribution in [1.82, 2.24) is 14.5 Å². The average molecular weight is 779 g/mol. The first-order valence-electron chi connectivity index (χ1n) is 16.7. The van der Waals surface area contributed by atoms with Crippen molar-refractivity contribution in [1.29, 1.82) is 0 Å². The van der Waals surface area contributed by atoms with E-state index in [4.69, 9.17) is 20.5 Å². The lowest BCUT2D eigenvalue weighted by Crippen LogP contribution is -2.43. The van der Waals surface area contributed by atoms with Crippen LogP contribution in [-0.4, -0.2) is 36.3 Å². The van der Waals surface area contributed by atoms with Crippen molar-refractivity contribution in [3.8, 4) is 16.9 Å². The Balaban J connectivity index is 1.66. The summed E-state index contributed by atoms with van der Waals surface area (Å²) in [6.45, 7) is 22.8. The topological polar surface area (TPSA) is 69.4 Å². The second-order valence-corrected chi connectivity index (χ2v) is 26.8. The van der Waals surface area contributed by atoms with E-state index in [0.717, 1.165) is 37.8 Å². The Kier molecular flexibility index (Phi) is 10.2. The number of aryl methyl sites for hydroxylation is 1. The van der Waals surface area contributed by atoms with E-state index >= 15 is 0 Å². The summed E-state index contributed by atoms with van der Waals surface area (Å²) in [4.78, 5) is 9.07. The minimum absolute atomic E-state index is 0.0601. The van der Waals surface area contributed by atoms with Crippen molar-refractivity contribution in [2.24, 2.45) is 7.05 Å². The third-order valence-electron chi connectivity index (χ3n) is 10.6. The number of rotatable bonds is 9. The van der Waals surface area contributed by atoms with Gasteiger partial charge in [0.2, 0.25) is 8.32 Å². The molecule has 0 aliphatic heterocycles. The Morgan fingerprint density at radius 2 is 1.51 bits per heavy atom. The number of hydrogen-bond donors (Lipinski definition) is 1. The fourth-order valence-electron chi connectivity index (χ4n) is 5.39. The van der Waals surface area contributed by atoms with Crippen molar-refractivity contribution < 1.29 is 14.0 Å². The molecule has 5 aromatic rings. The molecule has 1 atom stereocenters. The molecule has 3 aromatic carbocycles. The van der Waals surface area contributed by atoms with Gasteiger partial charge in [-0.3, -0.25) is 0 Å². The first kappa shape index (κ1) is 37.5. The number of hydrogen-bond acceptors (Lipinski definition) is 5. The van der Waals surface area contributed by atoms with Gasteiger partial charge in [0.25, 0.3) is 0 Å². The number of halogens is 2. The molecule has 0 saturated carbocycles. The molecule has 0 aliphatic rings. The standard InChI is InChI=1S/C39H49BrClN3O3Si2/c1-37(2,3)48(8,9)46-24-27-19-28(15-17-33(27)40)39(45,35-23-42-25-44(35)7)29-16-18-34-32(21-29)31(22-36(41)43-34)26-13-12-14-30(20-26)47-49(10,11)38(4,5)6/h12-23,25,45H,24H2,1-11H3. The van der Waals surface area contributed by atoms with Crippen molar-refractivity contribution in [3.63, 3.8) is 0 Å². The van der Waals surface area contributed by atoms with Crippen LogP contribution in [0.3, 0.4) is 0 Å². The number of benzene rings is 3. The molecule has 1 N–H and O–H groups in total. The highest BCUT2D eigenvalue weighted by molar-refractivity contribution is 9.10. The molecule has 0 spiro atoms. The summed E-state index contributed by atoms with van der Waals surface area (Å²) in [6.07, 6.45) is 3.43. The van der Waals surface area contributed by atoms with Gasteiger partial charge < -0.3 is 18.5 Å². The van der Waals surface area contributed by atoms with Crippen molar-refractivity contribution >= 4 is 55.1 Å². The Hall–Kier alpha value is -2.80. The molecular formula is C39H49BrClN3O3Si2. The van der Waals surface area contributed by atoms with E-state index in [1.807, 2.05) is 66.2 Å². The zero-order valence-corrected chi connectivity index (χ0v) is 34.9. The van der Waals surface area contributed by atoms with E-state index < -0.39 is 22.2 Å². The summed E-state index contributed by atoms with van der Waals surface area (Å²) in [7, 11) is -2.19. The van der Waals surface area contributed by atoms with Gasteiger partial charge >= 0.3 is 0 Å². The lowest BCUT2D eigenvalue weighted by Gasteiger charge is -2.36. The zero-order chi connectivity index (χ0) is 36.2. The molecule has 1 unspecified atom stereocenters. The van der Waals surface area contributed by atoms with Gasteiger partial charge in [0.05, 0.1) is 30.3 Å². The largest absolute Gasteiger partial charge is 0.543 e. The van der Waals surface area contributed by atoms with Crippen molar-refractivity contribution in [3.05, 3.63) is 111 Å². The summed E-state index contributed by atoms with van der Waals surface area (Å²) in [5.41, 5.74) is 4.05.